The zero-order valence-corrected chi connectivity index (χ0v) is 16.2. The fraction of sp³-hybridized carbons (Fsp3) is 0.389. The Bertz CT molecular complexity index is 753. The van der Waals surface area contributed by atoms with Crippen LogP contribution < -0.4 is 4.74 Å². The van der Waals surface area contributed by atoms with Crippen LogP contribution in [0, 0.1) is 13.8 Å². The van der Waals surface area contributed by atoms with E-state index in [1.54, 1.807) is 26.0 Å². The van der Waals surface area contributed by atoms with E-state index in [1.807, 2.05) is 32.0 Å². The summed E-state index contributed by atoms with van der Waals surface area (Å²) in [6, 6.07) is 5.71. The minimum absolute atomic E-state index is 0.121. The highest BCUT2D eigenvalue weighted by atomic mass is 79.9. The normalized spacial score (nSPS) is 12.1. The number of halogens is 1. The number of rotatable bonds is 5. The van der Waals surface area contributed by atoms with Crippen molar-refractivity contribution in [3.05, 3.63) is 50.8 Å². The summed E-state index contributed by atoms with van der Waals surface area (Å²) in [4.78, 5) is 17.5. The van der Waals surface area contributed by atoms with Gasteiger partial charge in [-0.25, -0.2) is 0 Å². The number of hydrogen-bond donors (Lipinski definition) is 2. The van der Waals surface area contributed by atoms with Crippen LogP contribution in [0.2, 0.25) is 0 Å². The first-order valence-corrected chi connectivity index (χ1v) is 8.50. The molecule has 1 atom stereocenters. The van der Waals surface area contributed by atoms with Gasteiger partial charge >= 0.3 is 0 Å². The van der Waals surface area contributed by atoms with Crippen molar-refractivity contribution in [2.45, 2.75) is 33.4 Å². The number of amides is 1. The number of methoxy groups -OCH3 is 1. The van der Waals surface area contributed by atoms with E-state index in [2.05, 4.69) is 20.9 Å². The van der Waals surface area contributed by atoms with Gasteiger partial charge in [0.25, 0.3) is 5.91 Å². The summed E-state index contributed by atoms with van der Waals surface area (Å²) in [5.74, 6) is 0.617. The van der Waals surface area contributed by atoms with Gasteiger partial charge in [-0.15, -0.1) is 0 Å². The Morgan fingerprint density at radius 2 is 2.08 bits per heavy atom. The molecule has 130 valence electrons. The second-order valence-electron chi connectivity index (χ2n) is 5.96. The molecule has 2 rings (SSSR count). The predicted molar refractivity (Wildman–Crippen MR) is 97.4 cm³/mol. The summed E-state index contributed by atoms with van der Waals surface area (Å²) in [5.41, 5.74) is 3.82. The van der Waals surface area contributed by atoms with Crippen LogP contribution in [-0.4, -0.2) is 35.1 Å². The standard InChI is InChI=1S/C18H23BrN2O3/c1-10-16(12(3)22)11(2)20-17(10)18(23)21(4)9-13-8-14(19)6-7-15(13)24-5/h6-8,12,20,22H,9H2,1-5H3/t12-/m1/s1. The van der Waals surface area contributed by atoms with Crippen molar-refractivity contribution in [1.29, 1.82) is 0 Å². The number of benzene rings is 1. The summed E-state index contributed by atoms with van der Waals surface area (Å²) >= 11 is 3.44. The van der Waals surface area contributed by atoms with Gasteiger partial charge in [0.05, 0.1) is 13.2 Å². The topological polar surface area (TPSA) is 65.6 Å². The molecule has 2 N–H and O–H groups in total. The van der Waals surface area contributed by atoms with Gasteiger partial charge < -0.3 is 19.7 Å². The molecule has 0 radical (unpaired) electrons. The lowest BCUT2D eigenvalue weighted by Gasteiger charge is -2.19. The second-order valence-corrected chi connectivity index (χ2v) is 6.87. The number of aromatic amines is 1. The number of aliphatic hydroxyl groups excluding tert-OH is 1. The van der Waals surface area contributed by atoms with E-state index in [1.165, 1.54) is 0 Å². The molecule has 0 aliphatic carbocycles. The van der Waals surface area contributed by atoms with Gasteiger partial charge in [-0.1, -0.05) is 15.9 Å². The third-order valence-electron chi connectivity index (χ3n) is 4.12. The summed E-state index contributed by atoms with van der Waals surface area (Å²) in [6.07, 6.45) is -0.613. The van der Waals surface area contributed by atoms with Crippen molar-refractivity contribution in [2.75, 3.05) is 14.2 Å². The van der Waals surface area contributed by atoms with Crippen molar-refractivity contribution in [3.63, 3.8) is 0 Å². The number of aliphatic hydroxyl groups is 1. The first-order valence-electron chi connectivity index (χ1n) is 7.71. The number of nitrogens with one attached hydrogen (secondary N) is 1. The molecule has 2 aromatic rings. The van der Waals surface area contributed by atoms with Crippen LogP contribution in [-0.2, 0) is 6.54 Å². The summed E-state index contributed by atoms with van der Waals surface area (Å²) in [6.45, 7) is 5.84. The van der Waals surface area contributed by atoms with Gasteiger partial charge in [-0.05, 0) is 44.5 Å². The molecule has 0 fully saturated rings. The van der Waals surface area contributed by atoms with E-state index in [0.717, 1.165) is 32.6 Å². The predicted octanol–water partition coefficient (Wildman–Crippen LogP) is 3.73. The lowest BCUT2D eigenvalue weighted by Crippen LogP contribution is -2.27. The Kier molecular flexibility index (Phi) is 5.72. The molecule has 1 amide bonds. The number of carbonyl (C=O) groups is 1. The van der Waals surface area contributed by atoms with E-state index in [4.69, 9.17) is 4.74 Å². The molecule has 0 saturated heterocycles. The third-order valence-corrected chi connectivity index (χ3v) is 4.62. The molecule has 6 heteroatoms. The van der Waals surface area contributed by atoms with Crippen LogP contribution in [0.5, 0.6) is 5.75 Å². The Morgan fingerprint density at radius 1 is 1.42 bits per heavy atom. The van der Waals surface area contributed by atoms with Gasteiger partial charge in [-0.3, -0.25) is 4.79 Å². The molecular weight excluding hydrogens is 372 g/mol. The van der Waals surface area contributed by atoms with Gasteiger partial charge in [0.15, 0.2) is 0 Å². The highest BCUT2D eigenvalue weighted by Crippen LogP contribution is 2.27. The molecule has 5 nitrogen and oxygen atoms in total. The van der Waals surface area contributed by atoms with Gasteiger partial charge in [0.1, 0.15) is 11.4 Å². The number of hydrogen-bond acceptors (Lipinski definition) is 3. The Morgan fingerprint density at radius 3 is 2.62 bits per heavy atom. The maximum absolute atomic E-state index is 12.8. The second kappa shape index (κ2) is 7.40. The monoisotopic (exact) mass is 394 g/mol. The fourth-order valence-corrected chi connectivity index (χ4v) is 3.40. The number of carbonyl (C=O) groups excluding carboxylic acids is 1. The molecule has 1 aromatic carbocycles. The molecule has 0 aliphatic heterocycles. The highest BCUT2D eigenvalue weighted by molar-refractivity contribution is 9.10. The largest absolute Gasteiger partial charge is 0.496 e. The van der Waals surface area contributed by atoms with Crippen LogP contribution in [0.1, 0.15) is 45.9 Å². The average molecular weight is 395 g/mol. The molecule has 0 unspecified atom stereocenters. The number of H-pyrrole nitrogens is 1. The molecule has 24 heavy (non-hydrogen) atoms. The maximum atomic E-state index is 12.8. The van der Waals surface area contributed by atoms with Crippen LogP contribution >= 0.6 is 15.9 Å². The van der Waals surface area contributed by atoms with Crippen LogP contribution in [0.4, 0.5) is 0 Å². The third kappa shape index (κ3) is 3.65. The first-order chi connectivity index (χ1) is 11.3. The van der Waals surface area contributed by atoms with E-state index < -0.39 is 6.10 Å². The summed E-state index contributed by atoms with van der Waals surface area (Å²) in [7, 11) is 3.36. The minimum atomic E-state index is -0.613. The van der Waals surface area contributed by atoms with Crippen LogP contribution in [0.25, 0.3) is 0 Å². The van der Waals surface area contributed by atoms with E-state index in [9.17, 15) is 9.90 Å². The van der Waals surface area contributed by atoms with Gasteiger partial charge in [0, 0.05) is 34.9 Å². The van der Waals surface area contributed by atoms with E-state index in [-0.39, 0.29) is 5.91 Å². The van der Waals surface area contributed by atoms with Crippen molar-refractivity contribution < 1.29 is 14.6 Å². The van der Waals surface area contributed by atoms with Gasteiger partial charge in [0.2, 0.25) is 0 Å². The quantitative estimate of drug-likeness (QED) is 0.811. The van der Waals surface area contributed by atoms with Crippen LogP contribution in [0.3, 0.4) is 0 Å². The molecule has 0 aliphatic rings. The number of aromatic nitrogens is 1. The lowest BCUT2D eigenvalue weighted by atomic mass is 10.1. The molecule has 1 heterocycles. The summed E-state index contributed by atoms with van der Waals surface area (Å²) in [5, 5.41) is 9.89. The Balaban J connectivity index is 2.28. The van der Waals surface area contributed by atoms with Crippen molar-refractivity contribution in [2.24, 2.45) is 0 Å². The molecule has 0 saturated carbocycles. The summed E-state index contributed by atoms with van der Waals surface area (Å²) < 4.78 is 6.30. The maximum Gasteiger partial charge on any atom is 0.270 e. The SMILES string of the molecule is COc1ccc(Br)cc1CN(C)C(=O)c1[nH]c(C)c([C@@H](C)O)c1C. The number of aryl methyl sites for hydroxylation is 1. The van der Waals surface area contributed by atoms with Crippen molar-refractivity contribution in [1.82, 2.24) is 9.88 Å². The Hall–Kier alpha value is -1.79. The molecule has 0 bridgehead atoms. The molecule has 0 spiro atoms. The molecular formula is C18H23BrN2O3. The Labute approximate surface area is 150 Å². The highest BCUT2D eigenvalue weighted by Gasteiger charge is 2.23. The minimum Gasteiger partial charge on any atom is -0.496 e. The zero-order chi connectivity index (χ0) is 18.0. The first kappa shape index (κ1) is 18.5. The fourth-order valence-electron chi connectivity index (χ4n) is 2.99. The lowest BCUT2D eigenvalue weighted by molar-refractivity contribution is 0.0778. The van der Waals surface area contributed by atoms with E-state index in [0.29, 0.717) is 12.2 Å². The zero-order valence-electron chi connectivity index (χ0n) is 14.6. The average Bonchev–Trinajstić information content (AvgIpc) is 2.81. The van der Waals surface area contributed by atoms with Crippen molar-refractivity contribution in [3.8, 4) is 5.75 Å². The number of ether oxygens (including phenoxy) is 1. The van der Waals surface area contributed by atoms with Crippen LogP contribution in [0.15, 0.2) is 22.7 Å². The smallest absolute Gasteiger partial charge is 0.270 e. The van der Waals surface area contributed by atoms with E-state index >= 15 is 0 Å². The van der Waals surface area contributed by atoms with Crippen molar-refractivity contribution >= 4 is 21.8 Å². The number of nitrogens with zero attached hydrogens (tertiary/aromatic N) is 1. The van der Waals surface area contributed by atoms with Gasteiger partial charge in [-0.2, -0.15) is 0 Å². The molecule has 1 aromatic heterocycles.